The molecule has 0 saturated carbocycles. The van der Waals surface area contributed by atoms with Gasteiger partial charge in [0, 0.05) is 31.1 Å². The number of sulfonamides is 1. The van der Waals surface area contributed by atoms with Crippen molar-refractivity contribution in [3.63, 3.8) is 0 Å². The van der Waals surface area contributed by atoms with Crippen LogP contribution in [-0.4, -0.2) is 43.6 Å². The lowest BCUT2D eigenvalue weighted by Gasteiger charge is -2.13. The van der Waals surface area contributed by atoms with Gasteiger partial charge in [-0.25, -0.2) is 4.98 Å². The lowest BCUT2D eigenvalue weighted by Crippen LogP contribution is -2.20. The van der Waals surface area contributed by atoms with E-state index in [9.17, 15) is 13.2 Å². The highest BCUT2D eigenvalue weighted by molar-refractivity contribution is 7.90. The molecule has 1 saturated heterocycles. The third-order valence-electron chi connectivity index (χ3n) is 4.34. The third-order valence-corrected chi connectivity index (χ3v) is 7.08. The van der Waals surface area contributed by atoms with Crippen molar-refractivity contribution >= 4 is 38.8 Å². The van der Waals surface area contributed by atoms with Gasteiger partial charge in [-0.2, -0.15) is 8.42 Å². The van der Waals surface area contributed by atoms with Gasteiger partial charge in [-0.05, 0) is 30.7 Å². The van der Waals surface area contributed by atoms with E-state index in [0.717, 1.165) is 18.0 Å². The maximum atomic E-state index is 12.5. The maximum Gasteiger partial charge on any atom is 0.283 e. The summed E-state index contributed by atoms with van der Waals surface area (Å²) in [6, 6.07) is 6.04. The highest BCUT2D eigenvalue weighted by Gasteiger charge is 2.22. The first kappa shape index (κ1) is 20.5. The average molecular weight is 421 g/mol. The van der Waals surface area contributed by atoms with Crippen molar-refractivity contribution in [3.05, 3.63) is 40.3 Å². The van der Waals surface area contributed by atoms with E-state index in [2.05, 4.69) is 14.7 Å². The zero-order valence-corrected chi connectivity index (χ0v) is 18.0. The smallest absolute Gasteiger partial charge is 0.283 e. The van der Waals surface area contributed by atoms with Gasteiger partial charge < -0.3 is 10.2 Å². The van der Waals surface area contributed by atoms with Gasteiger partial charge in [0.15, 0.2) is 0 Å². The van der Waals surface area contributed by atoms with Crippen LogP contribution >= 0.6 is 11.3 Å². The Labute approximate surface area is 169 Å². The minimum atomic E-state index is -3.76. The van der Waals surface area contributed by atoms with E-state index in [-0.39, 0.29) is 16.2 Å². The van der Waals surface area contributed by atoms with E-state index >= 15 is 0 Å². The van der Waals surface area contributed by atoms with Crippen LogP contribution in [0.15, 0.2) is 39.8 Å². The van der Waals surface area contributed by atoms with Gasteiger partial charge in [-0.1, -0.05) is 20.8 Å². The minimum Gasteiger partial charge on any atom is -0.362 e. The molecule has 1 aliphatic heterocycles. The highest BCUT2D eigenvalue weighted by atomic mass is 32.2. The summed E-state index contributed by atoms with van der Waals surface area (Å²) in [6.07, 6.45) is 3.13. The lowest BCUT2D eigenvalue weighted by molar-refractivity contribution is 0.103. The van der Waals surface area contributed by atoms with Crippen molar-refractivity contribution in [3.8, 4) is 0 Å². The van der Waals surface area contributed by atoms with E-state index < -0.39 is 10.0 Å². The van der Waals surface area contributed by atoms with Gasteiger partial charge in [0.2, 0.25) is 0 Å². The molecule has 2 aromatic rings. The number of hydrogen-bond donors (Lipinski definition) is 1. The molecule has 0 radical (unpaired) electrons. The molecule has 0 atom stereocenters. The maximum absolute atomic E-state index is 12.5. The number of aromatic nitrogens is 1. The fraction of sp³-hybridized carbons (Fsp3) is 0.421. The van der Waals surface area contributed by atoms with Crippen LogP contribution < -0.4 is 5.32 Å². The minimum absolute atomic E-state index is 0.103. The Morgan fingerprint density at radius 1 is 1.25 bits per heavy atom. The molecule has 1 amide bonds. The van der Waals surface area contributed by atoms with E-state index in [1.54, 1.807) is 18.3 Å². The zero-order valence-electron chi connectivity index (χ0n) is 16.4. The van der Waals surface area contributed by atoms with Crippen LogP contribution in [0.1, 0.15) is 48.3 Å². The topological polar surface area (TPSA) is 91.7 Å². The number of nitrogens with one attached hydrogen (secondary N) is 1. The second-order valence-electron chi connectivity index (χ2n) is 7.77. The Kier molecular flexibility index (Phi) is 5.58. The molecule has 1 aliphatic rings. The second-order valence-corrected chi connectivity index (χ2v) is 10.4. The van der Waals surface area contributed by atoms with Crippen LogP contribution in [0.2, 0.25) is 0 Å². The monoisotopic (exact) mass is 420 g/mol. The SMILES string of the molecule is CN1CCC/C1=N\S(=O)(=O)c1ccc(NC(=O)c2cnc(C(C)(C)C)s2)cc1. The van der Waals surface area contributed by atoms with Gasteiger partial charge >= 0.3 is 0 Å². The number of benzene rings is 1. The van der Waals surface area contributed by atoms with E-state index in [1.807, 2.05) is 32.7 Å². The molecule has 0 bridgehead atoms. The molecular formula is C19H24N4O3S2. The van der Waals surface area contributed by atoms with E-state index in [4.69, 9.17) is 0 Å². The molecule has 0 spiro atoms. The molecule has 7 nitrogen and oxygen atoms in total. The molecule has 1 fully saturated rings. The fourth-order valence-electron chi connectivity index (χ4n) is 2.73. The average Bonchev–Trinajstić information content (AvgIpc) is 3.25. The molecule has 1 aromatic heterocycles. The molecular weight excluding hydrogens is 396 g/mol. The van der Waals surface area contributed by atoms with Gasteiger partial charge in [0.1, 0.15) is 10.7 Å². The Morgan fingerprint density at radius 3 is 2.46 bits per heavy atom. The zero-order chi connectivity index (χ0) is 20.5. The van der Waals surface area contributed by atoms with Crippen LogP contribution in [0, 0.1) is 0 Å². The Balaban J connectivity index is 1.72. The summed E-state index contributed by atoms with van der Waals surface area (Å²) in [6.45, 7) is 6.94. The number of amidine groups is 1. The van der Waals surface area contributed by atoms with Crippen LogP contribution in [0.5, 0.6) is 0 Å². The van der Waals surface area contributed by atoms with E-state index in [0.29, 0.717) is 22.8 Å². The van der Waals surface area contributed by atoms with Crippen molar-refractivity contribution in [1.29, 1.82) is 0 Å². The summed E-state index contributed by atoms with van der Waals surface area (Å²) in [5, 5.41) is 3.66. The number of anilines is 1. The molecule has 0 aliphatic carbocycles. The molecule has 9 heteroatoms. The van der Waals surface area contributed by atoms with Crippen molar-refractivity contribution < 1.29 is 13.2 Å². The largest absolute Gasteiger partial charge is 0.362 e. The predicted molar refractivity (Wildman–Crippen MR) is 112 cm³/mol. The molecule has 1 aromatic carbocycles. The number of amides is 1. The quantitative estimate of drug-likeness (QED) is 0.817. The fourth-order valence-corrected chi connectivity index (χ4v) is 4.69. The number of likely N-dealkylation sites (tertiary alicyclic amines) is 1. The van der Waals surface area contributed by atoms with Gasteiger partial charge in [0.25, 0.3) is 15.9 Å². The third kappa shape index (κ3) is 4.59. The van der Waals surface area contributed by atoms with Crippen molar-refractivity contribution in [2.75, 3.05) is 18.9 Å². The van der Waals surface area contributed by atoms with E-state index in [1.165, 1.54) is 23.5 Å². The lowest BCUT2D eigenvalue weighted by atomic mass is 9.98. The summed E-state index contributed by atoms with van der Waals surface area (Å²) in [5.74, 6) is 0.314. The first-order valence-corrected chi connectivity index (χ1v) is 11.2. The predicted octanol–water partition coefficient (Wildman–Crippen LogP) is 3.51. The molecule has 28 heavy (non-hydrogen) atoms. The second kappa shape index (κ2) is 7.63. The first-order valence-electron chi connectivity index (χ1n) is 8.99. The van der Waals surface area contributed by atoms with Crippen LogP contribution in [0.3, 0.4) is 0 Å². The Hall–Kier alpha value is -2.26. The highest BCUT2D eigenvalue weighted by Crippen LogP contribution is 2.27. The summed E-state index contributed by atoms with van der Waals surface area (Å²) >= 11 is 1.35. The summed E-state index contributed by atoms with van der Waals surface area (Å²) in [4.78, 5) is 19.2. The van der Waals surface area contributed by atoms with Crippen molar-refractivity contribution in [1.82, 2.24) is 9.88 Å². The number of nitrogens with zero attached hydrogens (tertiary/aromatic N) is 3. The van der Waals surface area contributed by atoms with Gasteiger partial charge in [-0.15, -0.1) is 15.7 Å². The number of carbonyl (C=O) groups is 1. The summed E-state index contributed by atoms with van der Waals surface area (Å²) in [5.41, 5.74) is 0.397. The first-order chi connectivity index (χ1) is 13.1. The summed E-state index contributed by atoms with van der Waals surface area (Å²) in [7, 11) is -1.92. The standard InChI is InChI=1S/C19H24N4O3S2/c1-19(2,3)18-20-12-15(27-18)17(24)21-13-7-9-14(10-8-13)28(25,26)22-16-6-5-11-23(16)4/h7-10,12H,5-6,11H2,1-4H3,(H,21,24)/b22-16+. The van der Waals surface area contributed by atoms with Gasteiger partial charge in [-0.3, -0.25) is 4.79 Å². The summed E-state index contributed by atoms with van der Waals surface area (Å²) < 4.78 is 28.9. The number of hydrogen-bond acceptors (Lipinski definition) is 5. The number of thiazole rings is 1. The van der Waals surface area contributed by atoms with Crippen LogP contribution in [0.25, 0.3) is 0 Å². The molecule has 3 rings (SSSR count). The van der Waals surface area contributed by atoms with Crippen LogP contribution in [0.4, 0.5) is 5.69 Å². The number of carbonyl (C=O) groups excluding carboxylic acids is 1. The normalized spacial score (nSPS) is 16.6. The van der Waals surface area contributed by atoms with Crippen molar-refractivity contribution in [2.24, 2.45) is 4.40 Å². The van der Waals surface area contributed by atoms with Crippen LogP contribution in [-0.2, 0) is 15.4 Å². The number of rotatable bonds is 4. The molecule has 2 heterocycles. The van der Waals surface area contributed by atoms with Crippen molar-refractivity contribution in [2.45, 2.75) is 43.9 Å². The molecule has 150 valence electrons. The van der Waals surface area contributed by atoms with Gasteiger partial charge in [0.05, 0.1) is 16.1 Å². The molecule has 0 unspecified atom stereocenters. The Morgan fingerprint density at radius 2 is 1.93 bits per heavy atom. The Bertz CT molecular complexity index is 1000. The molecule has 1 N–H and O–H groups in total.